The Morgan fingerprint density at radius 2 is 1.05 bits per heavy atom. The lowest BCUT2D eigenvalue weighted by Crippen LogP contribution is -2.11. The fourth-order valence-corrected chi connectivity index (χ4v) is 3.61. The van der Waals surface area contributed by atoms with E-state index in [0.717, 1.165) is 11.5 Å². The summed E-state index contributed by atoms with van der Waals surface area (Å²) in [6.45, 7) is 0.318. The molecule has 0 saturated carbocycles. The van der Waals surface area contributed by atoms with E-state index >= 15 is 0 Å². The summed E-state index contributed by atoms with van der Waals surface area (Å²) in [6.07, 6.45) is 0. The van der Waals surface area contributed by atoms with Gasteiger partial charge in [-0.15, -0.1) is 0 Å². The Morgan fingerprint density at radius 3 is 1.38 bits per heavy atom. The Balaban J connectivity index is 1.87. The third kappa shape index (κ3) is 4.88. The zero-order chi connectivity index (χ0) is 14.9. The van der Waals surface area contributed by atoms with E-state index in [1.54, 1.807) is 11.8 Å². The molecule has 2 nitrogen and oxygen atoms in total. The normalized spacial score (nSPS) is 13.8. The minimum Gasteiger partial charge on any atom is -0.396 e. The summed E-state index contributed by atoms with van der Waals surface area (Å²) in [5, 5.41) is 19.1. The van der Waals surface area contributed by atoms with Crippen molar-refractivity contribution < 1.29 is 10.2 Å². The van der Waals surface area contributed by atoms with Crippen LogP contribution in [-0.4, -0.2) is 34.9 Å². The molecule has 0 aliphatic heterocycles. The largest absolute Gasteiger partial charge is 0.396 e. The summed E-state index contributed by atoms with van der Waals surface area (Å²) >= 11 is 1.79. The molecule has 2 atom stereocenters. The molecular weight excluding hydrogens is 280 g/mol. The van der Waals surface area contributed by atoms with Crippen LogP contribution < -0.4 is 0 Å². The Bertz CT molecular complexity index is 454. The van der Waals surface area contributed by atoms with Gasteiger partial charge in [0.25, 0.3) is 0 Å². The summed E-state index contributed by atoms with van der Waals surface area (Å²) in [6, 6.07) is 20.2. The topological polar surface area (TPSA) is 40.5 Å². The highest BCUT2D eigenvalue weighted by Gasteiger charge is 2.14. The van der Waals surface area contributed by atoms with Gasteiger partial charge >= 0.3 is 0 Å². The Hall–Kier alpha value is -1.29. The maximum absolute atomic E-state index is 9.56. The molecular formula is C18H22O2S. The van der Waals surface area contributed by atoms with Gasteiger partial charge in [0.1, 0.15) is 0 Å². The molecule has 0 heterocycles. The minimum atomic E-state index is 0.159. The lowest BCUT2D eigenvalue weighted by molar-refractivity contribution is 0.273. The van der Waals surface area contributed by atoms with E-state index in [9.17, 15) is 10.2 Å². The molecule has 0 saturated heterocycles. The number of thioether (sulfide) groups is 1. The van der Waals surface area contributed by atoms with Crippen molar-refractivity contribution in [3.8, 4) is 0 Å². The van der Waals surface area contributed by atoms with Crippen LogP contribution in [0.4, 0.5) is 0 Å². The smallest absolute Gasteiger partial charge is 0.0507 e. The molecule has 3 heteroatoms. The third-order valence-electron chi connectivity index (χ3n) is 3.62. The second kappa shape index (κ2) is 8.88. The van der Waals surface area contributed by atoms with E-state index in [4.69, 9.17) is 0 Å². The van der Waals surface area contributed by atoms with E-state index in [0.29, 0.717) is 0 Å². The molecule has 0 spiro atoms. The van der Waals surface area contributed by atoms with Crippen molar-refractivity contribution in [1.82, 2.24) is 0 Å². The maximum atomic E-state index is 9.56. The quantitative estimate of drug-likeness (QED) is 0.786. The first-order valence-corrected chi connectivity index (χ1v) is 8.40. The van der Waals surface area contributed by atoms with Crippen LogP contribution in [0.3, 0.4) is 0 Å². The second-order valence-electron chi connectivity index (χ2n) is 5.12. The molecule has 2 aromatic rings. The molecule has 2 aromatic carbocycles. The minimum absolute atomic E-state index is 0.159. The average Bonchev–Trinajstić information content (AvgIpc) is 2.57. The highest BCUT2D eigenvalue weighted by molar-refractivity contribution is 7.99. The van der Waals surface area contributed by atoms with Crippen molar-refractivity contribution in [3.63, 3.8) is 0 Å². The third-order valence-corrected chi connectivity index (χ3v) is 4.90. The molecule has 0 fully saturated rings. The van der Waals surface area contributed by atoms with Crippen molar-refractivity contribution >= 4 is 11.8 Å². The lowest BCUT2D eigenvalue weighted by Gasteiger charge is -2.18. The number of hydrogen-bond acceptors (Lipinski definition) is 3. The van der Waals surface area contributed by atoms with Crippen molar-refractivity contribution in [3.05, 3.63) is 71.8 Å². The lowest BCUT2D eigenvalue weighted by atomic mass is 10.0. The molecule has 21 heavy (non-hydrogen) atoms. The SMILES string of the molecule is OCC(CSCC(CO)c1ccccc1)c1ccccc1. The molecule has 2 rings (SSSR count). The van der Waals surface area contributed by atoms with Gasteiger partial charge in [-0.05, 0) is 11.1 Å². The summed E-state index contributed by atoms with van der Waals surface area (Å²) in [4.78, 5) is 0. The molecule has 0 aliphatic carbocycles. The summed E-state index contributed by atoms with van der Waals surface area (Å²) in [5.74, 6) is 2.05. The molecule has 0 aliphatic rings. The predicted octanol–water partition coefficient (Wildman–Crippen LogP) is 3.27. The maximum Gasteiger partial charge on any atom is 0.0507 e. The highest BCUT2D eigenvalue weighted by Crippen LogP contribution is 2.25. The van der Waals surface area contributed by atoms with Crippen molar-refractivity contribution in [2.75, 3.05) is 24.7 Å². The van der Waals surface area contributed by atoms with Crippen LogP contribution in [0, 0.1) is 0 Å². The molecule has 0 aromatic heterocycles. The van der Waals surface area contributed by atoms with Gasteiger partial charge in [-0.2, -0.15) is 11.8 Å². The van der Waals surface area contributed by atoms with Gasteiger partial charge in [-0.1, -0.05) is 60.7 Å². The van der Waals surface area contributed by atoms with Crippen LogP contribution in [0.1, 0.15) is 23.0 Å². The number of hydrogen-bond donors (Lipinski definition) is 2. The molecule has 0 radical (unpaired) electrons. The van der Waals surface area contributed by atoms with Crippen molar-refractivity contribution in [1.29, 1.82) is 0 Å². The Labute approximate surface area is 130 Å². The number of benzene rings is 2. The van der Waals surface area contributed by atoms with Crippen LogP contribution >= 0.6 is 11.8 Å². The van der Waals surface area contributed by atoms with Gasteiger partial charge in [0.15, 0.2) is 0 Å². The summed E-state index contributed by atoms with van der Waals surface area (Å²) in [5.41, 5.74) is 2.35. The fraction of sp³-hybridized carbons (Fsp3) is 0.333. The number of rotatable bonds is 8. The molecule has 0 amide bonds. The van der Waals surface area contributed by atoms with Crippen LogP contribution in [0.25, 0.3) is 0 Å². The summed E-state index contributed by atoms with van der Waals surface area (Å²) in [7, 11) is 0. The van der Waals surface area contributed by atoms with E-state index in [-0.39, 0.29) is 25.0 Å². The summed E-state index contributed by atoms with van der Waals surface area (Å²) < 4.78 is 0. The van der Waals surface area contributed by atoms with E-state index in [1.807, 2.05) is 36.4 Å². The predicted molar refractivity (Wildman–Crippen MR) is 89.9 cm³/mol. The monoisotopic (exact) mass is 302 g/mol. The van der Waals surface area contributed by atoms with Gasteiger partial charge < -0.3 is 10.2 Å². The fourth-order valence-electron chi connectivity index (χ4n) is 2.31. The molecule has 2 N–H and O–H groups in total. The van der Waals surface area contributed by atoms with E-state index < -0.39 is 0 Å². The molecule has 112 valence electrons. The van der Waals surface area contributed by atoms with E-state index in [1.165, 1.54) is 11.1 Å². The van der Waals surface area contributed by atoms with Gasteiger partial charge in [0.2, 0.25) is 0 Å². The van der Waals surface area contributed by atoms with Gasteiger partial charge in [-0.25, -0.2) is 0 Å². The first-order valence-electron chi connectivity index (χ1n) is 7.24. The van der Waals surface area contributed by atoms with Crippen LogP contribution in [-0.2, 0) is 0 Å². The van der Waals surface area contributed by atoms with Gasteiger partial charge in [0, 0.05) is 23.3 Å². The van der Waals surface area contributed by atoms with Gasteiger partial charge in [-0.3, -0.25) is 0 Å². The number of aliphatic hydroxyl groups excluding tert-OH is 2. The molecule has 0 bridgehead atoms. The first-order chi connectivity index (χ1) is 10.3. The zero-order valence-electron chi connectivity index (χ0n) is 12.1. The standard InChI is InChI=1S/C18H22O2S/c19-11-17(15-7-3-1-4-8-15)13-21-14-18(12-20)16-9-5-2-6-10-16/h1-10,17-20H,11-14H2. The Morgan fingerprint density at radius 1 is 0.667 bits per heavy atom. The molecule has 2 unspecified atom stereocenters. The van der Waals surface area contributed by atoms with Crippen LogP contribution in [0.2, 0.25) is 0 Å². The Kier molecular flexibility index (Phi) is 6.80. The average molecular weight is 302 g/mol. The van der Waals surface area contributed by atoms with Crippen molar-refractivity contribution in [2.24, 2.45) is 0 Å². The van der Waals surface area contributed by atoms with Crippen molar-refractivity contribution in [2.45, 2.75) is 11.8 Å². The highest BCUT2D eigenvalue weighted by atomic mass is 32.2. The number of aliphatic hydroxyl groups is 2. The van der Waals surface area contributed by atoms with E-state index in [2.05, 4.69) is 24.3 Å². The van der Waals surface area contributed by atoms with Crippen LogP contribution in [0.15, 0.2) is 60.7 Å². The first kappa shape index (κ1) is 16.1. The van der Waals surface area contributed by atoms with Crippen LogP contribution in [0.5, 0.6) is 0 Å². The zero-order valence-corrected chi connectivity index (χ0v) is 12.9. The van der Waals surface area contributed by atoms with Gasteiger partial charge in [0.05, 0.1) is 13.2 Å². The second-order valence-corrected chi connectivity index (χ2v) is 6.19.